The fraction of sp³-hybridized carbons (Fsp3) is 0.538. The second-order valence-electron chi connectivity index (χ2n) is 4.33. The van der Waals surface area contributed by atoms with E-state index >= 15 is 0 Å². The standard InChI is InChI=1S/C13H22N2O/c1-10(13(9-14)15(2)3)11-6-5-7-12(8-11)16-4/h5-8,10,13H,9,14H2,1-4H3. The summed E-state index contributed by atoms with van der Waals surface area (Å²) in [6.45, 7) is 2.86. The Morgan fingerprint density at radius 1 is 1.38 bits per heavy atom. The Bertz CT molecular complexity index is 325. The Morgan fingerprint density at radius 3 is 2.56 bits per heavy atom. The van der Waals surface area contributed by atoms with Crippen LogP contribution in [-0.2, 0) is 0 Å². The molecule has 3 heteroatoms. The minimum atomic E-state index is 0.354. The summed E-state index contributed by atoms with van der Waals surface area (Å²) in [6, 6.07) is 8.54. The van der Waals surface area contributed by atoms with Crippen LogP contribution in [0.15, 0.2) is 24.3 Å². The lowest BCUT2D eigenvalue weighted by atomic mass is 9.92. The van der Waals surface area contributed by atoms with Gasteiger partial charge in [-0.3, -0.25) is 0 Å². The maximum atomic E-state index is 5.81. The molecule has 0 amide bonds. The molecule has 2 unspecified atom stereocenters. The van der Waals surface area contributed by atoms with E-state index in [0.717, 1.165) is 5.75 Å². The van der Waals surface area contributed by atoms with Gasteiger partial charge in [-0.15, -0.1) is 0 Å². The second-order valence-corrected chi connectivity index (χ2v) is 4.33. The maximum absolute atomic E-state index is 5.81. The molecule has 0 saturated heterocycles. The third-order valence-corrected chi connectivity index (χ3v) is 3.10. The van der Waals surface area contributed by atoms with Crippen LogP contribution in [0, 0.1) is 0 Å². The number of hydrogen-bond acceptors (Lipinski definition) is 3. The lowest BCUT2D eigenvalue weighted by molar-refractivity contribution is 0.266. The first-order valence-electron chi connectivity index (χ1n) is 5.60. The Balaban J connectivity index is 2.89. The van der Waals surface area contributed by atoms with Crippen LogP contribution in [-0.4, -0.2) is 38.7 Å². The van der Waals surface area contributed by atoms with Gasteiger partial charge in [-0.05, 0) is 37.7 Å². The van der Waals surface area contributed by atoms with E-state index in [9.17, 15) is 0 Å². The molecule has 16 heavy (non-hydrogen) atoms. The van der Waals surface area contributed by atoms with Crippen molar-refractivity contribution in [1.82, 2.24) is 4.90 Å². The van der Waals surface area contributed by atoms with E-state index < -0.39 is 0 Å². The van der Waals surface area contributed by atoms with E-state index in [1.54, 1.807) is 7.11 Å². The van der Waals surface area contributed by atoms with Crippen molar-refractivity contribution in [2.45, 2.75) is 18.9 Å². The number of nitrogens with two attached hydrogens (primary N) is 1. The number of ether oxygens (including phenoxy) is 1. The third kappa shape index (κ3) is 2.97. The number of benzene rings is 1. The van der Waals surface area contributed by atoms with Gasteiger partial charge in [0.2, 0.25) is 0 Å². The van der Waals surface area contributed by atoms with E-state index in [2.05, 4.69) is 38.1 Å². The smallest absolute Gasteiger partial charge is 0.119 e. The predicted molar refractivity (Wildman–Crippen MR) is 67.9 cm³/mol. The average molecular weight is 222 g/mol. The Hall–Kier alpha value is -1.06. The number of rotatable bonds is 5. The lowest BCUT2D eigenvalue weighted by Crippen LogP contribution is -2.39. The van der Waals surface area contributed by atoms with E-state index in [1.165, 1.54) is 5.56 Å². The number of methoxy groups -OCH3 is 1. The zero-order chi connectivity index (χ0) is 12.1. The molecule has 0 saturated carbocycles. The zero-order valence-corrected chi connectivity index (χ0v) is 10.6. The molecule has 3 nitrogen and oxygen atoms in total. The van der Waals surface area contributed by atoms with E-state index in [0.29, 0.717) is 18.5 Å². The van der Waals surface area contributed by atoms with Gasteiger partial charge in [-0.25, -0.2) is 0 Å². The molecule has 0 heterocycles. The molecule has 2 atom stereocenters. The first-order valence-corrected chi connectivity index (χ1v) is 5.60. The van der Waals surface area contributed by atoms with Gasteiger partial charge in [0.25, 0.3) is 0 Å². The van der Waals surface area contributed by atoms with Gasteiger partial charge in [0.15, 0.2) is 0 Å². The molecule has 0 aromatic heterocycles. The fourth-order valence-electron chi connectivity index (χ4n) is 2.01. The monoisotopic (exact) mass is 222 g/mol. The molecule has 0 bridgehead atoms. The average Bonchev–Trinajstić information content (AvgIpc) is 2.29. The van der Waals surface area contributed by atoms with Crippen LogP contribution >= 0.6 is 0 Å². The van der Waals surface area contributed by atoms with Crippen LogP contribution in [0.4, 0.5) is 0 Å². The zero-order valence-electron chi connectivity index (χ0n) is 10.6. The molecular weight excluding hydrogens is 200 g/mol. The van der Waals surface area contributed by atoms with Gasteiger partial charge < -0.3 is 15.4 Å². The van der Waals surface area contributed by atoms with Crippen molar-refractivity contribution in [2.75, 3.05) is 27.7 Å². The minimum absolute atomic E-state index is 0.354. The number of nitrogens with zero attached hydrogens (tertiary/aromatic N) is 1. The number of likely N-dealkylation sites (N-methyl/N-ethyl adjacent to an activating group) is 1. The lowest BCUT2D eigenvalue weighted by Gasteiger charge is -2.29. The van der Waals surface area contributed by atoms with Crippen LogP contribution in [0.3, 0.4) is 0 Å². The summed E-state index contributed by atoms with van der Waals surface area (Å²) >= 11 is 0. The van der Waals surface area contributed by atoms with Crippen LogP contribution in [0.25, 0.3) is 0 Å². The van der Waals surface area contributed by atoms with Crippen molar-refractivity contribution >= 4 is 0 Å². The van der Waals surface area contributed by atoms with Gasteiger partial charge in [0.1, 0.15) is 5.75 Å². The van der Waals surface area contributed by atoms with Crippen LogP contribution in [0.5, 0.6) is 5.75 Å². The summed E-state index contributed by atoms with van der Waals surface area (Å²) < 4.78 is 5.23. The quantitative estimate of drug-likeness (QED) is 0.824. The molecular formula is C13H22N2O. The molecule has 0 spiro atoms. The molecule has 0 radical (unpaired) electrons. The van der Waals surface area contributed by atoms with E-state index in [4.69, 9.17) is 10.5 Å². The largest absolute Gasteiger partial charge is 0.497 e. The molecule has 0 aliphatic rings. The first-order chi connectivity index (χ1) is 7.60. The van der Waals surface area contributed by atoms with Gasteiger partial charge in [-0.2, -0.15) is 0 Å². The van der Waals surface area contributed by atoms with Crippen molar-refractivity contribution < 1.29 is 4.74 Å². The summed E-state index contributed by atoms with van der Waals surface area (Å²) in [6.07, 6.45) is 0. The summed E-state index contributed by atoms with van der Waals surface area (Å²) in [7, 11) is 5.82. The topological polar surface area (TPSA) is 38.5 Å². The van der Waals surface area contributed by atoms with Gasteiger partial charge >= 0.3 is 0 Å². The van der Waals surface area contributed by atoms with Crippen molar-refractivity contribution in [3.05, 3.63) is 29.8 Å². The van der Waals surface area contributed by atoms with E-state index in [1.807, 2.05) is 12.1 Å². The van der Waals surface area contributed by atoms with E-state index in [-0.39, 0.29) is 0 Å². The second kappa shape index (κ2) is 5.87. The van der Waals surface area contributed by atoms with Crippen molar-refractivity contribution in [3.63, 3.8) is 0 Å². The first kappa shape index (κ1) is 13.0. The summed E-state index contributed by atoms with van der Waals surface area (Å²) in [5.41, 5.74) is 7.08. The van der Waals surface area contributed by atoms with Gasteiger partial charge in [-0.1, -0.05) is 19.1 Å². The Labute approximate surface area is 98.2 Å². The highest BCUT2D eigenvalue weighted by Gasteiger charge is 2.19. The summed E-state index contributed by atoms with van der Waals surface area (Å²) in [4.78, 5) is 2.17. The van der Waals surface area contributed by atoms with Crippen LogP contribution in [0.2, 0.25) is 0 Å². The molecule has 0 fully saturated rings. The highest BCUT2D eigenvalue weighted by atomic mass is 16.5. The molecule has 0 aliphatic heterocycles. The van der Waals surface area contributed by atoms with Crippen molar-refractivity contribution in [2.24, 2.45) is 5.73 Å². The molecule has 1 aromatic carbocycles. The molecule has 1 aromatic rings. The molecule has 1 rings (SSSR count). The highest BCUT2D eigenvalue weighted by Crippen LogP contribution is 2.24. The Morgan fingerprint density at radius 2 is 2.06 bits per heavy atom. The predicted octanol–water partition coefficient (Wildman–Crippen LogP) is 1.69. The Kier molecular flexibility index (Phi) is 4.77. The SMILES string of the molecule is COc1cccc(C(C)C(CN)N(C)C)c1. The fourth-order valence-corrected chi connectivity index (χ4v) is 2.01. The molecule has 0 aliphatic carbocycles. The number of hydrogen-bond donors (Lipinski definition) is 1. The summed E-state index contributed by atoms with van der Waals surface area (Å²) in [5, 5.41) is 0. The third-order valence-electron chi connectivity index (χ3n) is 3.10. The van der Waals surface area contributed by atoms with Crippen LogP contribution in [0.1, 0.15) is 18.4 Å². The maximum Gasteiger partial charge on any atom is 0.119 e. The summed E-state index contributed by atoms with van der Waals surface area (Å²) in [5.74, 6) is 1.30. The van der Waals surface area contributed by atoms with Crippen LogP contribution < -0.4 is 10.5 Å². The highest BCUT2D eigenvalue weighted by molar-refractivity contribution is 5.31. The minimum Gasteiger partial charge on any atom is -0.497 e. The van der Waals surface area contributed by atoms with Gasteiger partial charge in [0, 0.05) is 12.6 Å². The van der Waals surface area contributed by atoms with Gasteiger partial charge in [0.05, 0.1) is 7.11 Å². The van der Waals surface area contributed by atoms with Crippen molar-refractivity contribution in [1.29, 1.82) is 0 Å². The normalized spacial score (nSPS) is 14.9. The molecule has 90 valence electrons. The molecule has 2 N–H and O–H groups in total. The van der Waals surface area contributed by atoms with Crippen molar-refractivity contribution in [3.8, 4) is 5.75 Å².